The first kappa shape index (κ1) is 21.0. The quantitative estimate of drug-likeness (QED) is 0.429. The minimum absolute atomic E-state index is 0. The molecular formula is C14H22F3IN4. The van der Waals surface area contributed by atoms with Crippen LogP contribution in [0.5, 0.6) is 0 Å². The van der Waals surface area contributed by atoms with Crippen molar-refractivity contribution in [3.63, 3.8) is 0 Å². The molecule has 1 aromatic rings. The lowest BCUT2D eigenvalue weighted by Crippen LogP contribution is -2.33. The summed E-state index contributed by atoms with van der Waals surface area (Å²) in [5.41, 5.74) is 8.72. The van der Waals surface area contributed by atoms with Gasteiger partial charge in [-0.3, -0.25) is 9.89 Å². The fourth-order valence-electron chi connectivity index (χ4n) is 1.96. The summed E-state index contributed by atoms with van der Waals surface area (Å²) in [6, 6.07) is 5.88. The number of anilines is 1. The summed E-state index contributed by atoms with van der Waals surface area (Å²) in [7, 11) is 1.40. The van der Waals surface area contributed by atoms with E-state index in [1.165, 1.54) is 7.05 Å². The fraction of sp³-hybridized carbons (Fsp3) is 0.500. The molecule has 0 saturated carbocycles. The van der Waals surface area contributed by atoms with Gasteiger partial charge in [-0.1, -0.05) is 6.07 Å². The summed E-state index contributed by atoms with van der Waals surface area (Å²) in [5.74, 6) is 0.195. The van der Waals surface area contributed by atoms with Crippen LogP contribution in [-0.4, -0.2) is 43.7 Å². The number of benzene rings is 1. The predicted octanol–water partition coefficient (Wildman–Crippen LogP) is 3.14. The van der Waals surface area contributed by atoms with Gasteiger partial charge in [0, 0.05) is 12.2 Å². The summed E-state index contributed by atoms with van der Waals surface area (Å²) < 4.78 is 36.4. The minimum atomic E-state index is -4.19. The average molecular weight is 430 g/mol. The van der Waals surface area contributed by atoms with Gasteiger partial charge in [-0.25, -0.2) is 0 Å². The largest absolute Gasteiger partial charge is 0.401 e. The van der Waals surface area contributed by atoms with Crippen LogP contribution in [0.15, 0.2) is 23.2 Å². The lowest BCUT2D eigenvalue weighted by atomic mass is 10.1. The van der Waals surface area contributed by atoms with E-state index in [9.17, 15) is 13.2 Å². The normalized spacial score (nSPS) is 12.2. The molecule has 0 aliphatic heterocycles. The van der Waals surface area contributed by atoms with E-state index in [1.807, 2.05) is 32.0 Å². The van der Waals surface area contributed by atoms with E-state index < -0.39 is 12.7 Å². The van der Waals surface area contributed by atoms with E-state index in [4.69, 9.17) is 5.73 Å². The van der Waals surface area contributed by atoms with Crippen molar-refractivity contribution in [2.75, 3.05) is 32.0 Å². The van der Waals surface area contributed by atoms with Gasteiger partial charge in [0.15, 0.2) is 5.96 Å². The van der Waals surface area contributed by atoms with Crippen LogP contribution in [0.2, 0.25) is 0 Å². The first-order valence-corrected chi connectivity index (χ1v) is 6.56. The number of aliphatic imine (C=N–C) groups is 1. The van der Waals surface area contributed by atoms with Crippen molar-refractivity contribution in [1.82, 2.24) is 4.90 Å². The standard InChI is InChI=1S/C14H21F3N4.HI/c1-10-6-11(2)8-12(7-10)20-13(18)19-4-5-21(3)9-14(15,16)17;/h6-8H,4-5,9H2,1-3H3,(H3,18,19,20);1H. The predicted molar refractivity (Wildman–Crippen MR) is 95.0 cm³/mol. The summed E-state index contributed by atoms with van der Waals surface area (Å²) in [5, 5.41) is 2.93. The number of nitrogens with two attached hydrogens (primary N) is 1. The van der Waals surface area contributed by atoms with E-state index in [1.54, 1.807) is 0 Å². The van der Waals surface area contributed by atoms with Crippen LogP contribution in [0.1, 0.15) is 11.1 Å². The average Bonchev–Trinajstić information content (AvgIpc) is 2.24. The van der Waals surface area contributed by atoms with Gasteiger partial charge in [-0.2, -0.15) is 13.2 Å². The van der Waals surface area contributed by atoms with Gasteiger partial charge >= 0.3 is 6.18 Å². The maximum absolute atomic E-state index is 12.1. The van der Waals surface area contributed by atoms with Gasteiger partial charge in [0.1, 0.15) is 0 Å². The molecule has 0 aromatic heterocycles. The van der Waals surface area contributed by atoms with Crippen LogP contribution in [0.25, 0.3) is 0 Å². The van der Waals surface area contributed by atoms with Crippen molar-refractivity contribution >= 4 is 35.6 Å². The number of nitrogens with one attached hydrogen (secondary N) is 1. The van der Waals surface area contributed by atoms with Gasteiger partial charge in [-0.15, -0.1) is 24.0 Å². The number of alkyl halides is 3. The fourth-order valence-corrected chi connectivity index (χ4v) is 1.96. The summed E-state index contributed by atoms with van der Waals surface area (Å²) in [4.78, 5) is 5.18. The SMILES string of the molecule is Cc1cc(C)cc(NC(N)=NCCN(C)CC(F)(F)F)c1.I. The van der Waals surface area contributed by atoms with Gasteiger partial charge in [0.2, 0.25) is 0 Å². The van der Waals surface area contributed by atoms with Crippen LogP contribution in [0.3, 0.4) is 0 Å². The molecule has 3 N–H and O–H groups in total. The van der Waals surface area contributed by atoms with E-state index in [0.717, 1.165) is 21.7 Å². The van der Waals surface area contributed by atoms with Gasteiger partial charge in [0.05, 0.1) is 13.1 Å². The van der Waals surface area contributed by atoms with Crippen molar-refractivity contribution in [3.8, 4) is 0 Å². The highest BCUT2D eigenvalue weighted by molar-refractivity contribution is 14.0. The molecule has 0 heterocycles. The maximum Gasteiger partial charge on any atom is 0.401 e. The Hall–Kier alpha value is -1.03. The zero-order valence-corrected chi connectivity index (χ0v) is 15.2. The van der Waals surface area contributed by atoms with E-state index in [-0.39, 0.29) is 43.0 Å². The third-order valence-corrected chi connectivity index (χ3v) is 2.71. The number of hydrogen-bond acceptors (Lipinski definition) is 2. The molecule has 1 rings (SSSR count). The van der Waals surface area contributed by atoms with Gasteiger partial charge in [-0.05, 0) is 44.2 Å². The topological polar surface area (TPSA) is 53.6 Å². The third kappa shape index (κ3) is 9.08. The first-order chi connectivity index (χ1) is 9.65. The number of aryl methyl sites for hydroxylation is 2. The lowest BCUT2D eigenvalue weighted by molar-refractivity contribution is -0.142. The van der Waals surface area contributed by atoms with Crippen LogP contribution in [0.4, 0.5) is 18.9 Å². The highest BCUT2D eigenvalue weighted by Crippen LogP contribution is 2.15. The Balaban J connectivity index is 0.00000441. The number of guanidine groups is 1. The van der Waals surface area contributed by atoms with Crippen LogP contribution < -0.4 is 11.1 Å². The lowest BCUT2D eigenvalue weighted by Gasteiger charge is -2.17. The molecule has 0 amide bonds. The molecule has 0 aliphatic rings. The number of hydrogen-bond donors (Lipinski definition) is 2. The number of halogens is 4. The Morgan fingerprint density at radius 1 is 1.23 bits per heavy atom. The maximum atomic E-state index is 12.1. The van der Waals surface area contributed by atoms with Crippen molar-refractivity contribution in [2.45, 2.75) is 20.0 Å². The van der Waals surface area contributed by atoms with E-state index in [0.29, 0.717) is 0 Å². The molecule has 22 heavy (non-hydrogen) atoms. The highest BCUT2D eigenvalue weighted by atomic mass is 127. The number of nitrogens with zero attached hydrogens (tertiary/aromatic N) is 2. The van der Waals surface area contributed by atoms with Crippen molar-refractivity contribution in [2.24, 2.45) is 10.7 Å². The highest BCUT2D eigenvalue weighted by Gasteiger charge is 2.28. The Morgan fingerprint density at radius 2 is 1.77 bits per heavy atom. The monoisotopic (exact) mass is 430 g/mol. The zero-order chi connectivity index (χ0) is 16.0. The summed E-state index contributed by atoms with van der Waals surface area (Å²) in [6.45, 7) is 3.38. The molecule has 4 nitrogen and oxygen atoms in total. The van der Waals surface area contributed by atoms with Crippen LogP contribution >= 0.6 is 24.0 Å². The molecular weight excluding hydrogens is 408 g/mol. The Labute approximate surface area is 146 Å². The van der Waals surface area contributed by atoms with E-state index in [2.05, 4.69) is 10.3 Å². The Kier molecular flexibility index (Phi) is 8.76. The smallest absolute Gasteiger partial charge is 0.370 e. The van der Waals surface area contributed by atoms with Gasteiger partial charge in [0.25, 0.3) is 0 Å². The number of rotatable bonds is 5. The molecule has 0 aliphatic carbocycles. The van der Waals surface area contributed by atoms with Crippen molar-refractivity contribution in [3.05, 3.63) is 29.3 Å². The Bertz CT molecular complexity index is 483. The molecule has 0 spiro atoms. The zero-order valence-electron chi connectivity index (χ0n) is 12.9. The molecule has 126 valence electrons. The van der Waals surface area contributed by atoms with Crippen molar-refractivity contribution < 1.29 is 13.2 Å². The molecule has 0 bridgehead atoms. The summed E-state index contributed by atoms with van der Waals surface area (Å²) in [6.07, 6.45) is -4.19. The molecule has 0 atom stereocenters. The third-order valence-electron chi connectivity index (χ3n) is 2.71. The second-order valence-corrected chi connectivity index (χ2v) is 5.12. The second-order valence-electron chi connectivity index (χ2n) is 5.12. The summed E-state index contributed by atoms with van der Waals surface area (Å²) >= 11 is 0. The van der Waals surface area contributed by atoms with Gasteiger partial charge < -0.3 is 11.1 Å². The molecule has 0 radical (unpaired) electrons. The molecule has 8 heteroatoms. The number of likely N-dealkylation sites (N-methyl/N-ethyl adjacent to an activating group) is 1. The van der Waals surface area contributed by atoms with Crippen LogP contribution in [0, 0.1) is 13.8 Å². The second kappa shape index (κ2) is 9.19. The Morgan fingerprint density at radius 3 is 2.27 bits per heavy atom. The molecule has 1 aromatic carbocycles. The van der Waals surface area contributed by atoms with E-state index >= 15 is 0 Å². The molecule has 0 saturated heterocycles. The molecule has 0 unspecified atom stereocenters. The first-order valence-electron chi connectivity index (χ1n) is 6.56. The van der Waals surface area contributed by atoms with Crippen LogP contribution in [-0.2, 0) is 0 Å². The minimum Gasteiger partial charge on any atom is -0.370 e. The van der Waals surface area contributed by atoms with Crippen molar-refractivity contribution in [1.29, 1.82) is 0 Å². The molecule has 0 fully saturated rings.